The van der Waals surface area contributed by atoms with E-state index >= 15 is 0 Å². The van der Waals surface area contributed by atoms with Crippen LogP contribution in [0.5, 0.6) is 0 Å². The van der Waals surface area contributed by atoms with Crippen LogP contribution in [-0.4, -0.2) is 22.3 Å². The molecule has 0 heterocycles. The molecular formula is C9H7NO3. The summed E-state index contributed by atoms with van der Waals surface area (Å²) in [4.78, 5) is 11.0. The third kappa shape index (κ3) is 2.12. The average Bonchev–Trinajstić information content (AvgIpc) is 2.16. The van der Waals surface area contributed by atoms with Crippen molar-refractivity contribution >= 4 is 5.78 Å². The second-order valence-electron chi connectivity index (χ2n) is 2.43. The molecular weight excluding hydrogens is 170 g/mol. The summed E-state index contributed by atoms with van der Waals surface area (Å²) >= 11 is 0. The van der Waals surface area contributed by atoms with Crippen LogP contribution in [0.1, 0.15) is 15.9 Å². The first-order valence-corrected chi connectivity index (χ1v) is 3.55. The second kappa shape index (κ2) is 3.81. The van der Waals surface area contributed by atoms with Crippen molar-refractivity contribution in [3.05, 3.63) is 35.4 Å². The molecule has 4 nitrogen and oxygen atoms in total. The lowest BCUT2D eigenvalue weighted by Crippen LogP contribution is -2.19. The number of rotatable bonds is 2. The molecule has 0 fully saturated rings. The van der Waals surface area contributed by atoms with Gasteiger partial charge in [0.2, 0.25) is 12.1 Å². The fraction of sp³-hybridized carbons (Fsp3) is 0.111. The highest BCUT2D eigenvalue weighted by Gasteiger charge is 2.13. The fourth-order valence-corrected chi connectivity index (χ4v) is 0.891. The normalized spacial score (nSPS) is 9.69. The molecule has 0 amide bonds. The zero-order valence-corrected chi connectivity index (χ0v) is 6.64. The molecule has 0 radical (unpaired) electrons. The molecule has 0 saturated heterocycles. The summed E-state index contributed by atoms with van der Waals surface area (Å²) in [6, 6.07) is 7.61. The molecule has 4 heteroatoms. The summed E-state index contributed by atoms with van der Waals surface area (Å²) in [7, 11) is 0. The first kappa shape index (κ1) is 9.39. The Balaban J connectivity index is 3.04. The molecule has 0 atom stereocenters. The van der Waals surface area contributed by atoms with Crippen molar-refractivity contribution in [3.63, 3.8) is 0 Å². The predicted octanol–water partition coefficient (Wildman–Crippen LogP) is 0.0517. The van der Waals surface area contributed by atoms with Crippen LogP contribution in [0.3, 0.4) is 0 Å². The van der Waals surface area contributed by atoms with E-state index in [1.165, 1.54) is 24.3 Å². The minimum absolute atomic E-state index is 0.119. The largest absolute Gasteiger partial charge is 0.362 e. The molecule has 0 aliphatic rings. The van der Waals surface area contributed by atoms with E-state index in [1.54, 1.807) is 0 Å². The van der Waals surface area contributed by atoms with Gasteiger partial charge in [0.05, 0.1) is 11.6 Å². The van der Waals surface area contributed by atoms with Gasteiger partial charge in [0, 0.05) is 5.56 Å². The molecule has 0 unspecified atom stereocenters. The zero-order chi connectivity index (χ0) is 9.84. The second-order valence-corrected chi connectivity index (χ2v) is 2.43. The van der Waals surface area contributed by atoms with Crippen LogP contribution < -0.4 is 0 Å². The van der Waals surface area contributed by atoms with E-state index in [4.69, 9.17) is 15.5 Å². The minimum atomic E-state index is -2.02. The molecule has 1 rings (SSSR count). The average molecular weight is 177 g/mol. The van der Waals surface area contributed by atoms with Gasteiger partial charge in [-0.25, -0.2) is 0 Å². The van der Waals surface area contributed by atoms with Crippen LogP contribution in [0.2, 0.25) is 0 Å². The van der Waals surface area contributed by atoms with Gasteiger partial charge in [-0.2, -0.15) is 5.26 Å². The van der Waals surface area contributed by atoms with Gasteiger partial charge in [-0.1, -0.05) is 12.1 Å². The van der Waals surface area contributed by atoms with Gasteiger partial charge in [0.15, 0.2) is 0 Å². The van der Waals surface area contributed by atoms with Gasteiger partial charge >= 0.3 is 0 Å². The van der Waals surface area contributed by atoms with Crippen molar-refractivity contribution in [2.45, 2.75) is 6.29 Å². The standard InChI is InChI=1S/C9H7NO3/c10-5-6-2-1-3-7(4-6)8(11)9(12)13/h1-4,9,12-13H. The van der Waals surface area contributed by atoms with Crippen molar-refractivity contribution in [1.29, 1.82) is 5.26 Å². The molecule has 0 aromatic heterocycles. The van der Waals surface area contributed by atoms with E-state index in [1.807, 2.05) is 6.07 Å². The first-order valence-electron chi connectivity index (χ1n) is 3.55. The van der Waals surface area contributed by atoms with E-state index in [0.717, 1.165) is 0 Å². The Morgan fingerprint density at radius 1 is 1.46 bits per heavy atom. The van der Waals surface area contributed by atoms with E-state index in [9.17, 15) is 4.79 Å². The maximum Gasteiger partial charge on any atom is 0.218 e. The number of hydrogen-bond donors (Lipinski definition) is 2. The maximum absolute atomic E-state index is 11.0. The van der Waals surface area contributed by atoms with Crippen LogP contribution in [-0.2, 0) is 0 Å². The topological polar surface area (TPSA) is 81.3 Å². The number of hydrogen-bond acceptors (Lipinski definition) is 4. The highest BCUT2D eigenvalue weighted by Crippen LogP contribution is 2.06. The Bertz CT molecular complexity index is 365. The van der Waals surface area contributed by atoms with E-state index in [2.05, 4.69) is 0 Å². The van der Waals surface area contributed by atoms with Crippen LogP contribution in [0.4, 0.5) is 0 Å². The number of carbonyl (C=O) groups is 1. The van der Waals surface area contributed by atoms with Crippen LogP contribution in [0.15, 0.2) is 24.3 Å². The molecule has 0 aliphatic carbocycles. The molecule has 1 aromatic rings. The van der Waals surface area contributed by atoms with E-state index in [-0.39, 0.29) is 5.56 Å². The van der Waals surface area contributed by atoms with Gasteiger partial charge < -0.3 is 10.2 Å². The Hall–Kier alpha value is -1.70. The van der Waals surface area contributed by atoms with Gasteiger partial charge in [-0.3, -0.25) is 4.79 Å². The Labute approximate surface area is 74.7 Å². The van der Waals surface area contributed by atoms with Crippen molar-refractivity contribution in [2.75, 3.05) is 0 Å². The van der Waals surface area contributed by atoms with Gasteiger partial charge in [-0.05, 0) is 12.1 Å². The summed E-state index contributed by atoms with van der Waals surface area (Å²) in [5.41, 5.74) is 0.431. The molecule has 1 aromatic carbocycles. The third-order valence-electron chi connectivity index (χ3n) is 1.51. The predicted molar refractivity (Wildman–Crippen MR) is 43.7 cm³/mol. The maximum atomic E-state index is 11.0. The van der Waals surface area contributed by atoms with Gasteiger partial charge in [-0.15, -0.1) is 0 Å². The van der Waals surface area contributed by atoms with Crippen LogP contribution >= 0.6 is 0 Å². The summed E-state index contributed by atoms with van der Waals surface area (Å²) in [5.74, 6) is -0.808. The number of aliphatic hydroxyl groups excluding tert-OH is 1. The summed E-state index contributed by atoms with van der Waals surface area (Å²) in [6.45, 7) is 0. The number of aliphatic hydroxyl groups is 2. The molecule has 2 N–H and O–H groups in total. The van der Waals surface area contributed by atoms with Crippen LogP contribution in [0.25, 0.3) is 0 Å². The molecule has 0 saturated carbocycles. The molecule has 0 bridgehead atoms. The lowest BCUT2D eigenvalue weighted by molar-refractivity contribution is -0.0195. The first-order chi connectivity index (χ1) is 6.15. The summed E-state index contributed by atoms with van der Waals surface area (Å²) < 4.78 is 0. The van der Waals surface area contributed by atoms with Gasteiger partial charge in [0.1, 0.15) is 0 Å². The Morgan fingerprint density at radius 3 is 2.69 bits per heavy atom. The van der Waals surface area contributed by atoms with Crippen molar-refractivity contribution < 1.29 is 15.0 Å². The monoisotopic (exact) mass is 177 g/mol. The number of nitriles is 1. The number of nitrogens with zero attached hydrogens (tertiary/aromatic N) is 1. The quantitative estimate of drug-likeness (QED) is 0.494. The Kier molecular flexibility index (Phi) is 2.75. The zero-order valence-electron chi connectivity index (χ0n) is 6.64. The van der Waals surface area contributed by atoms with Gasteiger partial charge in [0.25, 0.3) is 0 Å². The minimum Gasteiger partial charge on any atom is -0.362 e. The highest BCUT2D eigenvalue weighted by atomic mass is 16.5. The molecule has 0 aliphatic heterocycles. The summed E-state index contributed by atoms with van der Waals surface area (Å²) in [5, 5.41) is 25.6. The number of ketones is 1. The highest BCUT2D eigenvalue weighted by molar-refractivity contribution is 5.98. The number of Topliss-reactive ketones (excluding diaryl/α,β-unsaturated/α-hetero) is 1. The lowest BCUT2D eigenvalue weighted by atomic mass is 10.1. The van der Waals surface area contributed by atoms with E-state index < -0.39 is 12.1 Å². The molecule has 66 valence electrons. The Morgan fingerprint density at radius 2 is 2.15 bits per heavy atom. The lowest BCUT2D eigenvalue weighted by Gasteiger charge is -2.01. The van der Waals surface area contributed by atoms with Crippen molar-refractivity contribution in [1.82, 2.24) is 0 Å². The SMILES string of the molecule is N#Cc1cccc(C(=O)C(O)O)c1. The number of carbonyl (C=O) groups excluding carboxylic acids is 1. The summed E-state index contributed by atoms with van der Waals surface area (Å²) in [6.07, 6.45) is -2.02. The molecule has 0 spiro atoms. The fourth-order valence-electron chi connectivity index (χ4n) is 0.891. The van der Waals surface area contributed by atoms with Crippen molar-refractivity contribution in [3.8, 4) is 6.07 Å². The molecule has 13 heavy (non-hydrogen) atoms. The van der Waals surface area contributed by atoms with Crippen molar-refractivity contribution in [2.24, 2.45) is 0 Å². The smallest absolute Gasteiger partial charge is 0.218 e. The third-order valence-corrected chi connectivity index (χ3v) is 1.51. The number of benzene rings is 1. The van der Waals surface area contributed by atoms with E-state index in [0.29, 0.717) is 5.56 Å². The van der Waals surface area contributed by atoms with Crippen LogP contribution in [0, 0.1) is 11.3 Å².